The van der Waals surface area contributed by atoms with E-state index in [2.05, 4.69) is 4.98 Å². The molecule has 128 valence electrons. The molecule has 0 saturated carbocycles. The van der Waals surface area contributed by atoms with Gasteiger partial charge < -0.3 is 4.74 Å². The lowest BCUT2D eigenvalue weighted by Crippen LogP contribution is -2.41. The van der Waals surface area contributed by atoms with Gasteiger partial charge in [0.25, 0.3) is 0 Å². The first kappa shape index (κ1) is 16.9. The Bertz CT molecular complexity index is 783. The van der Waals surface area contributed by atoms with Gasteiger partial charge in [-0.2, -0.15) is 4.31 Å². The maximum absolute atomic E-state index is 13.9. The number of rotatable bonds is 5. The van der Waals surface area contributed by atoms with E-state index >= 15 is 0 Å². The molecule has 7 heteroatoms. The first-order chi connectivity index (χ1) is 11.6. The topological polar surface area (TPSA) is 59.5 Å². The van der Waals surface area contributed by atoms with Crippen LogP contribution in [0, 0.1) is 11.7 Å². The summed E-state index contributed by atoms with van der Waals surface area (Å²) in [5.74, 6) is 0.0696. The lowest BCUT2D eigenvalue weighted by atomic mass is 10.0. The summed E-state index contributed by atoms with van der Waals surface area (Å²) in [6.07, 6.45) is 4.91. The molecule has 1 saturated heterocycles. The minimum absolute atomic E-state index is 0.0773. The Morgan fingerprint density at radius 1 is 1.21 bits per heavy atom. The average Bonchev–Trinajstić information content (AvgIpc) is 2.61. The normalized spacial score (nSPS) is 19.1. The Hall–Kier alpha value is -1.99. The van der Waals surface area contributed by atoms with Gasteiger partial charge in [0.1, 0.15) is 16.5 Å². The second kappa shape index (κ2) is 7.27. The molecule has 2 heterocycles. The average molecular weight is 350 g/mol. The maximum atomic E-state index is 13.9. The second-order valence-electron chi connectivity index (χ2n) is 5.80. The second-order valence-corrected chi connectivity index (χ2v) is 7.70. The number of aromatic nitrogens is 1. The van der Waals surface area contributed by atoms with Crippen molar-refractivity contribution in [3.8, 4) is 5.75 Å². The smallest absolute Gasteiger partial charge is 0.245 e. The van der Waals surface area contributed by atoms with E-state index in [0.717, 1.165) is 12.8 Å². The summed E-state index contributed by atoms with van der Waals surface area (Å²) in [6, 6.07) is 9.01. The highest BCUT2D eigenvalue weighted by Crippen LogP contribution is 2.25. The molecule has 0 bridgehead atoms. The molecule has 1 fully saturated rings. The van der Waals surface area contributed by atoms with E-state index < -0.39 is 15.8 Å². The molecule has 0 amide bonds. The van der Waals surface area contributed by atoms with Crippen LogP contribution >= 0.6 is 0 Å². The number of pyridine rings is 1. The molecule has 1 atom stereocenters. The van der Waals surface area contributed by atoms with Gasteiger partial charge in [0.2, 0.25) is 10.0 Å². The Morgan fingerprint density at radius 2 is 1.96 bits per heavy atom. The Morgan fingerprint density at radius 3 is 2.71 bits per heavy atom. The van der Waals surface area contributed by atoms with E-state index in [1.54, 1.807) is 24.5 Å². The van der Waals surface area contributed by atoms with Gasteiger partial charge in [-0.05, 0) is 37.1 Å². The van der Waals surface area contributed by atoms with E-state index in [1.165, 1.54) is 28.6 Å². The zero-order chi connectivity index (χ0) is 17.0. The van der Waals surface area contributed by atoms with Crippen LogP contribution in [0.3, 0.4) is 0 Å². The third-order valence-electron chi connectivity index (χ3n) is 4.07. The molecule has 24 heavy (non-hydrogen) atoms. The van der Waals surface area contributed by atoms with Gasteiger partial charge >= 0.3 is 0 Å². The summed E-state index contributed by atoms with van der Waals surface area (Å²) in [5, 5.41) is 0. The van der Waals surface area contributed by atoms with Crippen molar-refractivity contribution in [3.05, 3.63) is 54.6 Å². The fourth-order valence-corrected chi connectivity index (χ4v) is 4.44. The predicted octanol–water partition coefficient (Wildman–Crippen LogP) is 2.70. The van der Waals surface area contributed by atoms with E-state index in [9.17, 15) is 12.8 Å². The van der Waals surface area contributed by atoms with Crippen LogP contribution in [0.2, 0.25) is 0 Å². The van der Waals surface area contributed by atoms with Crippen LogP contribution in [0.5, 0.6) is 5.75 Å². The molecule has 0 spiro atoms. The van der Waals surface area contributed by atoms with E-state index in [-0.39, 0.29) is 10.8 Å². The quantitative estimate of drug-likeness (QED) is 0.832. The number of ether oxygens (including phenoxy) is 1. The van der Waals surface area contributed by atoms with E-state index in [1.807, 2.05) is 0 Å². The van der Waals surface area contributed by atoms with Crippen LogP contribution in [0.4, 0.5) is 4.39 Å². The first-order valence-electron chi connectivity index (χ1n) is 7.85. The molecule has 2 aromatic rings. The summed E-state index contributed by atoms with van der Waals surface area (Å²) in [6.45, 7) is 1.16. The lowest BCUT2D eigenvalue weighted by molar-refractivity contribution is 0.180. The summed E-state index contributed by atoms with van der Waals surface area (Å²) < 4.78 is 46.3. The number of nitrogens with zero attached hydrogens (tertiary/aromatic N) is 2. The maximum Gasteiger partial charge on any atom is 0.245 e. The van der Waals surface area contributed by atoms with Gasteiger partial charge in [0.15, 0.2) is 0 Å². The van der Waals surface area contributed by atoms with Crippen LogP contribution in [0.25, 0.3) is 0 Å². The minimum atomic E-state index is -3.82. The standard InChI is InChI=1S/C17H19FN2O3S/c18-16-5-1-2-6-17(16)24(21,22)20-11-3-4-14(12-20)13-23-15-7-9-19-10-8-15/h1-2,5-10,14H,3-4,11-13H2. The van der Waals surface area contributed by atoms with Gasteiger partial charge in [-0.25, -0.2) is 12.8 Å². The highest BCUT2D eigenvalue weighted by Gasteiger charge is 2.32. The predicted molar refractivity (Wildman–Crippen MR) is 87.6 cm³/mol. The van der Waals surface area contributed by atoms with Crippen LogP contribution < -0.4 is 4.74 Å². The SMILES string of the molecule is O=S(=O)(c1ccccc1F)N1CCCC(COc2ccncc2)C1. The van der Waals surface area contributed by atoms with Crippen LogP contribution in [0.1, 0.15) is 12.8 Å². The Balaban J connectivity index is 1.68. The van der Waals surface area contributed by atoms with Crippen molar-refractivity contribution in [2.45, 2.75) is 17.7 Å². The highest BCUT2D eigenvalue weighted by atomic mass is 32.2. The van der Waals surface area contributed by atoms with Gasteiger partial charge in [-0.15, -0.1) is 0 Å². The largest absolute Gasteiger partial charge is 0.493 e. The number of sulfonamides is 1. The lowest BCUT2D eigenvalue weighted by Gasteiger charge is -2.31. The third-order valence-corrected chi connectivity index (χ3v) is 5.97. The van der Waals surface area contributed by atoms with Crippen molar-refractivity contribution in [3.63, 3.8) is 0 Å². The molecular formula is C17H19FN2O3S. The first-order valence-corrected chi connectivity index (χ1v) is 9.29. The van der Waals surface area contributed by atoms with Crippen molar-refractivity contribution in [2.75, 3.05) is 19.7 Å². The highest BCUT2D eigenvalue weighted by molar-refractivity contribution is 7.89. The summed E-state index contributed by atoms with van der Waals surface area (Å²) in [7, 11) is -3.82. The number of halogens is 1. The molecule has 0 radical (unpaired) electrons. The van der Waals surface area contributed by atoms with Gasteiger partial charge in [-0.3, -0.25) is 4.98 Å². The minimum Gasteiger partial charge on any atom is -0.493 e. The monoisotopic (exact) mass is 350 g/mol. The molecule has 0 N–H and O–H groups in total. The zero-order valence-electron chi connectivity index (χ0n) is 13.1. The number of piperidine rings is 1. The fraction of sp³-hybridized carbons (Fsp3) is 0.353. The van der Waals surface area contributed by atoms with Crippen LogP contribution in [-0.4, -0.2) is 37.4 Å². The molecule has 5 nitrogen and oxygen atoms in total. The molecule has 1 aromatic heterocycles. The molecule has 3 rings (SSSR count). The molecule has 1 aromatic carbocycles. The van der Waals surface area contributed by atoms with Crippen LogP contribution in [-0.2, 0) is 10.0 Å². The Kier molecular flexibility index (Phi) is 5.11. The van der Waals surface area contributed by atoms with E-state index in [0.29, 0.717) is 25.4 Å². The Labute approximate surface area is 141 Å². The zero-order valence-corrected chi connectivity index (χ0v) is 14.0. The van der Waals surface area contributed by atoms with Crippen molar-refractivity contribution < 1.29 is 17.5 Å². The molecule has 1 aliphatic rings. The molecular weight excluding hydrogens is 331 g/mol. The molecule has 1 unspecified atom stereocenters. The van der Waals surface area contributed by atoms with Crippen molar-refractivity contribution in [2.24, 2.45) is 5.92 Å². The van der Waals surface area contributed by atoms with Crippen molar-refractivity contribution in [1.82, 2.24) is 9.29 Å². The third kappa shape index (κ3) is 3.73. The summed E-state index contributed by atoms with van der Waals surface area (Å²) in [5.41, 5.74) is 0. The fourth-order valence-electron chi connectivity index (χ4n) is 2.82. The van der Waals surface area contributed by atoms with Gasteiger partial charge in [-0.1, -0.05) is 12.1 Å². The van der Waals surface area contributed by atoms with Crippen LogP contribution in [0.15, 0.2) is 53.7 Å². The number of benzene rings is 1. The summed E-state index contributed by atoms with van der Waals surface area (Å²) >= 11 is 0. The van der Waals surface area contributed by atoms with Gasteiger partial charge in [0, 0.05) is 31.4 Å². The van der Waals surface area contributed by atoms with Crippen molar-refractivity contribution in [1.29, 1.82) is 0 Å². The molecule has 1 aliphatic heterocycles. The summed E-state index contributed by atoms with van der Waals surface area (Å²) in [4.78, 5) is 3.66. The number of hydrogen-bond acceptors (Lipinski definition) is 4. The number of hydrogen-bond donors (Lipinski definition) is 0. The van der Waals surface area contributed by atoms with Crippen molar-refractivity contribution >= 4 is 10.0 Å². The molecule has 0 aliphatic carbocycles. The van der Waals surface area contributed by atoms with E-state index in [4.69, 9.17) is 4.74 Å². The van der Waals surface area contributed by atoms with Gasteiger partial charge in [0.05, 0.1) is 6.61 Å².